The first-order valence-electron chi connectivity index (χ1n) is 12.1. The molecule has 3 atom stereocenters. The SMILES string of the molecule is Cc1ccc(C2=Nc3ccccc3N3[C@H]2O[C@@H](c2ccc([N+](=O)[O-])cc2)[C@@H]3c2ccc([N+](=O)[O-])cc2)cc1. The van der Waals surface area contributed by atoms with Crippen LogP contribution in [0.5, 0.6) is 0 Å². The molecule has 4 aromatic rings. The van der Waals surface area contributed by atoms with E-state index in [1.807, 2.05) is 55.5 Å². The van der Waals surface area contributed by atoms with Crippen LogP contribution in [0.4, 0.5) is 22.7 Å². The van der Waals surface area contributed by atoms with Gasteiger partial charge in [-0.1, -0.05) is 54.1 Å². The maximum Gasteiger partial charge on any atom is 0.269 e. The lowest BCUT2D eigenvalue weighted by Crippen LogP contribution is -2.41. The summed E-state index contributed by atoms with van der Waals surface area (Å²) in [5.74, 6) is 0. The molecule has 0 unspecified atom stereocenters. The molecule has 1 saturated heterocycles. The van der Waals surface area contributed by atoms with Gasteiger partial charge in [-0.15, -0.1) is 0 Å². The first kappa shape index (κ1) is 23.5. The Hall–Kier alpha value is -4.89. The molecule has 0 N–H and O–H groups in total. The molecule has 2 heterocycles. The van der Waals surface area contributed by atoms with Gasteiger partial charge in [-0.05, 0) is 42.3 Å². The van der Waals surface area contributed by atoms with Crippen molar-refractivity contribution in [3.8, 4) is 0 Å². The Morgan fingerprint density at radius 3 is 1.95 bits per heavy atom. The van der Waals surface area contributed by atoms with Crippen molar-refractivity contribution in [3.05, 3.63) is 140 Å². The third kappa shape index (κ3) is 3.99. The second kappa shape index (κ2) is 9.20. The highest BCUT2D eigenvalue weighted by Crippen LogP contribution is 2.52. The minimum atomic E-state index is -0.548. The van der Waals surface area contributed by atoms with Crippen LogP contribution in [0.3, 0.4) is 0 Å². The Morgan fingerprint density at radius 2 is 1.34 bits per heavy atom. The van der Waals surface area contributed by atoms with Crippen molar-refractivity contribution < 1.29 is 14.6 Å². The zero-order chi connectivity index (χ0) is 26.4. The van der Waals surface area contributed by atoms with Gasteiger partial charge in [0.2, 0.25) is 0 Å². The van der Waals surface area contributed by atoms with E-state index in [-0.39, 0.29) is 17.4 Å². The van der Waals surface area contributed by atoms with Crippen molar-refractivity contribution in [2.24, 2.45) is 4.99 Å². The molecule has 0 aromatic heterocycles. The summed E-state index contributed by atoms with van der Waals surface area (Å²) in [5.41, 5.74) is 6.03. The van der Waals surface area contributed by atoms with Crippen molar-refractivity contribution >= 4 is 28.5 Å². The Bertz CT molecular complexity index is 1570. The number of nitro benzene ring substituents is 2. The molecule has 2 aliphatic heterocycles. The fourth-order valence-electron chi connectivity index (χ4n) is 5.11. The topological polar surface area (TPSA) is 111 Å². The number of ether oxygens (including phenoxy) is 1. The molecule has 6 rings (SSSR count). The average Bonchev–Trinajstić information content (AvgIpc) is 3.34. The zero-order valence-corrected chi connectivity index (χ0v) is 20.3. The summed E-state index contributed by atoms with van der Waals surface area (Å²) in [6.45, 7) is 2.02. The van der Waals surface area contributed by atoms with E-state index in [9.17, 15) is 20.2 Å². The highest BCUT2D eigenvalue weighted by atomic mass is 16.6. The zero-order valence-electron chi connectivity index (χ0n) is 20.3. The summed E-state index contributed by atoms with van der Waals surface area (Å²) >= 11 is 0. The Morgan fingerprint density at radius 1 is 0.763 bits per heavy atom. The minimum absolute atomic E-state index is 0.00273. The number of non-ortho nitro benzene ring substituents is 2. The summed E-state index contributed by atoms with van der Waals surface area (Å²) in [7, 11) is 0. The molecule has 0 bridgehead atoms. The van der Waals surface area contributed by atoms with Crippen molar-refractivity contribution in [3.63, 3.8) is 0 Å². The number of nitrogens with zero attached hydrogens (tertiary/aromatic N) is 4. The molecule has 0 saturated carbocycles. The van der Waals surface area contributed by atoms with E-state index >= 15 is 0 Å². The van der Waals surface area contributed by atoms with Gasteiger partial charge in [-0.3, -0.25) is 20.2 Å². The quantitative estimate of drug-likeness (QED) is 0.223. The second-order valence-electron chi connectivity index (χ2n) is 9.31. The molecule has 1 fully saturated rings. The van der Waals surface area contributed by atoms with Crippen LogP contribution < -0.4 is 4.90 Å². The smallest absolute Gasteiger partial charge is 0.269 e. The molecule has 9 nitrogen and oxygen atoms in total. The Balaban J connectivity index is 1.52. The molecule has 0 aliphatic carbocycles. The van der Waals surface area contributed by atoms with Gasteiger partial charge < -0.3 is 9.64 Å². The molecule has 0 radical (unpaired) electrons. The summed E-state index contributed by atoms with van der Waals surface area (Å²) < 4.78 is 6.74. The van der Waals surface area contributed by atoms with E-state index < -0.39 is 22.2 Å². The van der Waals surface area contributed by atoms with Gasteiger partial charge >= 0.3 is 0 Å². The van der Waals surface area contributed by atoms with Crippen molar-refractivity contribution in [1.29, 1.82) is 0 Å². The number of aryl methyl sites for hydroxylation is 1. The lowest BCUT2D eigenvalue weighted by Gasteiger charge is -2.35. The summed E-state index contributed by atoms with van der Waals surface area (Å²) in [6, 6.07) is 28.3. The first-order chi connectivity index (χ1) is 18.4. The number of hydrogen-bond donors (Lipinski definition) is 0. The van der Waals surface area contributed by atoms with Crippen LogP contribution in [0.2, 0.25) is 0 Å². The average molecular weight is 507 g/mol. The minimum Gasteiger partial charge on any atom is -0.342 e. The fraction of sp³-hybridized carbons (Fsp3) is 0.138. The number of aliphatic imine (C=N–C) groups is 1. The van der Waals surface area contributed by atoms with E-state index in [4.69, 9.17) is 9.73 Å². The molecule has 4 aromatic carbocycles. The predicted molar refractivity (Wildman–Crippen MR) is 143 cm³/mol. The molecule has 0 spiro atoms. The lowest BCUT2D eigenvalue weighted by molar-refractivity contribution is -0.385. The standard InChI is InChI=1S/C29H22N4O5/c1-18-6-8-19(9-7-18)26-29-31(25-5-3-2-4-24(25)30-26)27(20-10-14-22(15-11-20)32(34)35)28(38-29)21-12-16-23(17-13-21)33(36)37/h2-17,27-29H,1H3/t27-,28-,29-/m0/s1. The molecular formula is C29H22N4O5. The molecule has 0 amide bonds. The predicted octanol–water partition coefficient (Wildman–Crippen LogP) is 6.59. The van der Waals surface area contributed by atoms with Crippen LogP contribution in [0, 0.1) is 27.2 Å². The van der Waals surface area contributed by atoms with Crippen molar-refractivity contribution in [1.82, 2.24) is 0 Å². The maximum absolute atomic E-state index is 11.3. The number of anilines is 1. The monoisotopic (exact) mass is 506 g/mol. The highest BCUT2D eigenvalue weighted by Gasteiger charge is 2.48. The van der Waals surface area contributed by atoms with Gasteiger partial charge in [-0.25, -0.2) is 4.99 Å². The van der Waals surface area contributed by atoms with Crippen LogP contribution in [-0.2, 0) is 4.74 Å². The first-order valence-corrected chi connectivity index (χ1v) is 12.1. The fourth-order valence-corrected chi connectivity index (χ4v) is 5.11. The van der Waals surface area contributed by atoms with Crippen molar-refractivity contribution in [2.75, 3.05) is 4.90 Å². The van der Waals surface area contributed by atoms with Gasteiger partial charge in [0.05, 0.1) is 33.0 Å². The van der Waals surface area contributed by atoms with E-state index in [1.54, 1.807) is 24.3 Å². The maximum atomic E-state index is 11.3. The number of benzene rings is 4. The summed E-state index contributed by atoms with van der Waals surface area (Å²) in [4.78, 5) is 28.9. The second-order valence-corrected chi connectivity index (χ2v) is 9.31. The number of hydrogen-bond acceptors (Lipinski definition) is 7. The molecular weight excluding hydrogens is 484 g/mol. The molecule has 188 valence electrons. The third-order valence-corrected chi connectivity index (χ3v) is 6.97. The number of fused-ring (bicyclic) bond motifs is 3. The van der Waals surface area contributed by atoms with Gasteiger partial charge in [0, 0.05) is 29.8 Å². The third-order valence-electron chi connectivity index (χ3n) is 6.97. The van der Waals surface area contributed by atoms with Crippen LogP contribution >= 0.6 is 0 Å². The van der Waals surface area contributed by atoms with Crippen LogP contribution in [0.1, 0.15) is 34.4 Å². The van der Waals surface area contributed by atoms with Gasteiger partial charge in [0.25, 0.3) is 11.4 Å². The summed E-state index contributed by atoms with van der Waals surface area (Å²) in [6.07, 6.45) is -1.07. The van der Waals surface area contributed by atoms with Crippen LogP contribution in [-0.4, -0.2) is 21.8 Å². The highest BCUT2D eigenvalue weighted by molar-refractivity contribution is 6.09. The van der Waals surface area contributed by atoms with Gasteiger partial charge in [0.15, 0.2) is 6.23 Å². The van der Waals surface area contributed by atoms with E-state index in [0.717, 1.165) is 39.3 Å². The molecule has 9 heteroatoms. The molecule has 38 heavy (non-hydrogen) atoms. The Labute approximate surface area is 217 Å². The normalized spacial score (nSPS) is 19.9. The molecule has 2 aliphatic rings. The van der Waals surface area contributed by atoms with Gasteiger partial charge in [0.1, 0.15) is 6.10 Å². The van der Waals surface area contributed by atoms with Crippen LogP contribution in [0.15, 0.2) is 102 Å². The summed E-state index contributed by atoms with van der Waals surface area (Å²) in [5, 5.41) is 22.6. The number of nitro groups is 2. The van der Waals surface area contributed by atoms with Gasteiger partial charge in [-0.2, -0.15) is 0 Å². The number of rotatable bonds is 5. The largest absolute Gasteiger partial charge is 0.342 e. The Kier molecular flexibility index (Phi) is 5.69. The van der Waals surface area contributed by atoms with Crippen molar-refractivity contribution in [2.45, 2.75) is 25.3 Å². The van der Waals surface area contributed by atoms with E-state index in [2.05, 4.69) is 4.90 Å². The number of para-hydroxylation sites is 2. The van der Waals surface area contributed by atoms with Crippen LogP contribution in [0.25, 0.3) is 0 Å². The lowest BCUT2D eigenvalue weighted by atomic mass is 9.93. The van der Waals surface area contributed by atoms with E-state index in [1.165, 1.54) is 24.3 Å². The van der Waals surface area contributed by atoms with E-state index in [0.29, 0.717) is 0 Å².